The smallest absolute Gasteiger partial charge is 0.335 e. The van der Waals surface area contributed by atoms with Crippen LogP contribution in [0.3, 0.4) is 0 Å². The molecule has 1 atom stereocenters. The second-order valence-corrected chi connectivity index (χ2v) is 6.36. The van der Waals surface area contributed by atoms with Gasteiger partial charge in [0.25, 0.3) is 0 Å². The first-order valence-electron chi connectivity index (χ1n) is 8.51. The summed E-state index contributed by atoms with van der Waals surface area (Å²) >= 11 is 0. The number of aromatic carboxylic acids is 1. The number of carboxylic acid groups (broad SMARTS) is 1. The van der Waals surface area contributed by atoms with Gasteiger partial charge in [0.1, 0.15) is 5.82 Å². The normalized spacial score (nSPS) is 18.5. The lowest BCUT2D eigenvalue weighted by molar-refractivity contribution is 0.0697. The predicted octanol–water partition coefficient (Wildman–Crippen LogP) is 3.12. The van der Waals surface area contributed by atoms with Crippen LogP contribution in [0.15, 0.2) is 36.7 Å². The molecular weight excluding hydrogens is 302 g/mol. The van der Waals surface area contributed by atoms with E-state index in [1.807, 2.05) is 24.5 Å². The highest BCUT2D eigenvalue weighted by atomic mass is 16.4. The van der Waals surface area contributed by atoms with Gasteiger partial charge in [-0.1, -0.05) is 19.1 Å². The first-order valence-corrected chi connectivity index (χ1v) is 8.51. The van der Waals surface area contributed by atoms with Gasteiger partial charge in [0, 0.05) is 37.5 Å². The number of rotatable bonds is 5. The summed E-state index contributed by atoms with van der Waals surface area (Å²) in [6.07, 6.45) is 7.01. The Labute approximate surface area is 142 Å². The van der Waals surface area contributed by atoms with Crippen LogP contribution >= 0.6 is 0 Å². The van der Waals surface area contributed by atoms with E-state index in [0.29, 0.717) is 11.5 Å². The van der Waals surface area contributed by atoms with Crippen molar-refractivity contribution in [2.75, 3.05) is 13.1 Å². The van der Waals surface area contributed by atoms with Gasteiger partial charge in [0.15, 0.2) is 0 Å². The third-order valence-corrected chi connectivity index (χ3v) is 4.62. The highest BCUT2D eigenvalue weighted by Gasteiger charge is 2.21. The molecule has 1 fully saturated rings. The van der Waals surface area contributed by atoms with E-state index >= 15 is 0 Å². The molecule has 0 unspecified atom stereocenters. The molecule has 126 valence electrons. The van der Waals surface area contributed by atoms with Gasteiger partial charge < -0.3 is 5.11 Å². The van der Waals surface area contributed by atoms with Gasteiger partial charge in [0.05, 0.1) is 5.56 Å². The average Bonchev–Trinajstić information content (AvgIpc) is 2.63. The molecule has 1 saturated heterocycles. The van der Waals surface area contributed by atoms with Crippen LogP contribution < -0.4 is 0 Å². The molecule has 5 heteroatoms. The third kappa shape index (κ3) is 3.97. The Morgan fingerprint density at radius 3 is 2.58 bits per heavy atom. The number of benzene rings is 1. The maximum absolute atomic E-state index is 11.0. The molecular formula is C19H23N3O2. The van der Waals surface area contributed by atoms with Gasteiger partial charge in [-0.2, -0.15) is 0 Å². The van der Waals surface area contributed by atoms with Crippen molar-refractivity contribution < 1.29 is 9.90 Å². The average molecular weight is 325 g/mol. The van der Waals surface area contributed by atoms with Crippen molar-refractivity contribution in [1.82, 2.24) is 14.9 Å². The van der Waals surface area contributed by atoms with Crippen LogP contribution in [-0.4, -0.2) is 39.0 Å². The van der Waals surface area contributed by atoms with Gasteiger partial charge in [-0.25, -0.2) is 14.8 Å². The van der Waals surface area contributed by atoms with Crippen LogP contribution in [-0.2, 0) is 13.0 Å². The second-order valence-electron chi connectivity index (χ2n) is 6.36. The lowest BCUT2D eigenvalue weighted by Gasteiger charge is -2.33. The number of hydrogen-bond acceptors (Lipinski definition) is 4. The molecule has 1 aliphatic heterocycles. The summed E-state index contributed by atoms with van der Waals surface area (Å²) in [6.45, 7) is 4.99. The van der Waals surface area contributed by atoms with E-state index in [1.165, 1.54) is 5.56 Å². The molecule has 0 aliphatic carbocycles. The fraction of sp³-hybridized carbons (Fsp3) is 0.421. The Morgan fingerprint density at radius 2 is 1.96 bits per heavy atom. The van der Waals surface area contributed by atoms with Gasteiger partial charge in [-0.05, 0) is 43.0 Å². The van der Waals surface area contributed by atoms with Crippen molar-refractivity contribution >= 4 is 5.97 Å². The molecule has 0 spiro atoms. The lowest BCUT2D eigenvalue weighted by Crippen LogP contribution is -2.34. The maximum atomic E-state index is 11.0. The molecule has 0 bridgehead atoms. The highest BCUT2D eigenvalue weighted by Crippen LogP contribution is 2.27. The molecule has 1 aromatic heterocycles. The van der Waals surface area contributed by atoms with Crippen LogP contribution in [0.25, 0.3) is 0 Å². The molecule has 5 nitrogen and oxygen atoms in total. The minimum absolute atomic E-state index is 0.347. The molecule has 1 aromatic carbocycles. The number of piperidine rings is 1. The molecule has 3 rings (SSSR count). The molecule has 0 radical (unpaired) electrons. The van der Waals surface area contributed by atoms with Crippen molar-refractivity contribution in [3.05, 3.63) is 59.2 Å². The first kappa shape index (κ1) is 16.6. The Kier molecular flexibility index (Phi) is 5.20. The minimum atomic E-state index is -0.873. The van der Waals surface area contributed by atoms with E-state index in [2.05, 4.69) is 21.8 Å². The Balaban J connectivity index is 1.64. The maximum Gasteiger partial charge on any atom is 0.335 e. The molecule has 24 heavy (non-hydrogen) atoms. The topological polar surface area (TPSA) is 66.3 Å². The number of aryl methyl sites for hydroxylation is 1. The zero-order valence-electron chi connectivity index (χ0n) is 14.0. The number of hydrogen-bond donors (Lipinski definition) is 1. The Morgan fingerprint density at radius 1 is 1.25 bits per heavy atom. The fourth-order valence-corrected chi connectivity index (χ4v) is 3.27. The summed E-state index contributed by atoms with van der Waals surface area (Å²) in [4.78, 5) is 22.1. The van der Waals surface area contributed by atoms with Gasteiger partial charge in [-0.15, -0.1) is 0 Å². The van der Waals surface area contributed by atoms with Crippen LogP contribution in [0.5, 0.6) is 0 Å². The van der Waals surface area contributed by atoms with Crippen molar-refractivity contribution in [3.63, 3.8) is 0 Å². The second kappa shape index (κ2) is 7.53. The zero-order chi connectivity index (χ0) is 16.9. The summed E-state index contributed by atoms with van der Waals surface area (Å²) in [6, 6.07) is 7.31. The monoisotopic (exact) mass is 325 g/mol. The fourth-order valence-electron chi connectivity index (χ4n) is 3.27. The molecule has 2 heterocycles. The van der Waals surface area contributed by atoms with E-state index in [4.69, 9.17) is 5.11 Å². The van der Waals surface area contributed by atoms with Crippen LogP contribution in [0.1, 0.15) is 53.0 Å². The number of aromatic nitrogens is 2. The number of carbonyl (C=O) groups is 1. The first-order chi connectivity index (χ1) is 11.7. The van der Waals surface area contributed by atoms with E-state index in [1.54, 1.807) is 12.1 Å². The van der Waals surface area contributed by atoms with Crippen molar-refractivity contribution in [1.29, 1.82) is 0 Å². The van der Waals surface area contributed by atoms with Crippen molar-refractivity contribution in [2.24, 2.45) is 0 Å². The predicted molar refractivity (Wildman–Crippen MR) is 92.1 cm³/mol. The van der Waals surface area contributed by atoms with Gasteiger partial charge in [0.2, 0.25) is 0 Å². The van der Waals surface area contributed by atoms with Crippen LogP contribution in [0, 0.1) is 0 Å². The molecule has 0 amide bonds. The summed E-state index contributed by atoms with van der Waals surface area (Å²) in [7, 11) is 0. The van der Waals surface area contributed by atoms with E-state index in [9.17, 15) is 4.79 Å². The van der Waals surface area contributed by atoms with Gasteiger partial charge in [-0.3, -0.25) is 4.90 Å². The lowest BCUT2D eigenvalue weighted by atomic mass is 9.90. The van der Waals surface area contributed by atoms with Crippen LogP contribution in [0.4, 0.5) is 0 Å². The Hall–Kier alpha value is -2.27. The SMILES string of the molecule is CCc1ncc(CN2CCC[C@H](c3ccc(C(=O)O)cc3)C2)cn1. The van der Waals surface area contributed by atoms with E-state index in [0.717, 1.165) is 50.3 Å². The minimum Gasteiger partial charge on any atom is -0.478 e. The van der Waals surface area contributed by atoms with Crippen molar-refractivity contribution in [3.8, 4) is 0 Å². The summed E-state index contributed by atoms with van der Waals surface area (Å²) < 4.78 is 0. The molecule has 0 saturated carbocycles. The summed E-state index contributed by atoms with van der Waals surface area (Å²) in [5.74, 6) is 0.466. The number of nitrogens with zero attached hydrogens (tertiary/aromatic N) is 3. The standard InChI is InChI=1S/C19H23N3O2/c1-2-18-20-10-14(11-21-18)12-22-9-3-4-17(13-22)15-5-7-16(8-6-15)19(23)24/h5-8,10-11,17H,2-4,9,12-13H2,1H3,(H,23,24)/t17-/m0/s1. The van der Waals surface area contributed by atoms with E-state index < -0.39 is 5.97 Å². The number of carboxylic acids is 1. The molecule has 1 aliphatic rings. The van der Waals surface area contributed by atoms with Gasteiger partial charge >= 0.3 is 5.97 Å². The largest absolute Gasteiger partial charge is 0.478 e. The summed E-state index contributed by atoms with van der Waals surface area (Å²) in [5, 5.41) is 9.01. The quantitative estimate of drug-likeness (QED) is 0.915. The van der Waals surface area contributed by atoms with Crippen molar-refractivity contribution in [2.45, 2.75) is 38.6 Å². The number of likely N-dealkylation sites (tertiary alicyclic amines) is 1. The highest BCUT2D eigenvalue weighted by molar-refractivity contribution is 5.87. The Bertz CT molecular complexity index is 683. The third-order valence-electron chi connectivity index (χ3n) is 4.62. The molecule has 1 N–H and O–H groups in total. The van der Waals surface area contributed by atoms with E-state index in [-0.39, 0.29) is 0 Å². The zero-order valence-corrected chi connectivity index (χ0v) is 14.0. The summed E-state index contributed by atoms with van der Waals surface area (Å²) in [5.41, 5.74) is 2.72. The van der Waals surface area contributed by atoms with Crippen LogP contribution in [0.2, 0.25) is 0 Å². The molecule has 2 aromatic rings.